The van der Waals surface area contributed by atoms with E-state index in [2.05, 4.69) is 4.90 Å². The number of nitrogens with two attached hydrogens (primary N) is 1. The van der Waals surface area contributed by atoms with Gasteiger partial charge in [-0.15, -0.1) is 0 Å². The lowest BCUT2D eigenvalue weighted by Gasteiger charge is -2.22. The lowest BCUT2D eigenvalue weighted by molar-refractivity contribution is -0.130. The van der Waals surface area contributed by atoms with Gasteiger partial charge in [-0.05, 0) is 32.2 Å². The van der Waals surface area contributed by atoms with E-state index < -0.39 is 0 Å². The van der Waals surface area contributed by atoms with Crippen LogP contribution in [-0.4, -0.2) is 43.7 Å². The van der Waals surface area contributed by atoms with Crippen molar-refractivity contribution in [2.45, 2.75) is 44.9 Å². The van der Waals surface area contributed by atoms with Crippen LogP contribution in [0.3, 0.4) is 0 Å². The summed E-state index contributed by atoms with van der Waals surface area (Å²) in [6.07, 6.45) is 7.35. The first-order chi connectivity index (χ1) is 8.76. The Morgan fingerprint density at radius 3 is 2.78 bits per heavy atom. The van der Waals surface area contributed by atoms with Crippen LogP contribution >= 0.6 is 0 Å². The fraction of sp³-hybridized carbons (Fsp3) is 0.929. The van der Waals surface area contributed by atoms with E-state index >= 15 is 0 Å². The minimum atomic E-state index is 0.301. The maximum Gasteiger partial charge on any atom is 0.222 e. The zero-order valence-corrected chi connectivity index (χ0v) is 11.3. The summed E-state index contributed by atoms with van der Waals surface area (Å²) in [6, 6.07) is 0. The van der Waals surface area contributed by atoms with E-state index in [0.717, 1.165) is 71.4 Å². The van der Waals surface area contributed by atoms with Crippen LogP contribution in [0.25, 0.3) is 0 Å². The Labute approximate surface area is 110 Å². The fourth-order valence-corrected chi connectivity index (χ4v) is 3.05. The van der Waals surface area contributed by atoms with Crippen molar-refractivity contribution in [2.75, 3.05) is 32.8 Å². The topological polar surface area (TPSA) is 55.6 Å². The Balaban J connectivity index is 1.64. The summed E-state index contributed by atoms with van der Waals surface area (Å²) in [6.45, 7) is 4.36. The largest absolute Gasteiger partial charge is 0.381 e. The molecular formula is C14H26N2O2. The van der Waals surface area contributed by atoms with E-state index in [9.17, 15) is 4.79 Å². The Bertz CT molecular complexity index is 275. The Morgan fingerprint density at radius 2 is 2.06 bits per heavy atom. The summed E-state index contributed by atoms with van der Waals surface area (Å²) in [5.74, 6) is 0.339. The minimum Gasteiger partial charge on any atom is -0.381 e. The number of rotatable bonds is 6. The summed E-state index contributed by atoms with van der Waals surface area (Å²) in [5.41, 5.74) is 5.75. The van der Waals surface area contributed by atoms with Gasteiger partial charge >= 0.3 is 0 Å². The molecule has 2 heterocycles. The van der Waals surface area contributed by atoms with Gasteiger partial charge in [-0.3, -0.25) is 4.79 Å². The third kappa shape index (κ3) is 3.45. The second-order valence-electron chi connectivity index (χ2n) is 5.82. The quantitative estimate of drug-likeness (QED) is 0.731. The van der Waals surface area contributed by atoms with E-state index in [-0.39, 0.29) is 0 Å². The Hall–Kier alpha value is -0.610. The Kier molecular flexibility index (Phi) is 5.01. The van der Waals surface area contributed by atoms with Crippen LogP contribution in [-0.2, 0) is 9.53 Å². The van der Waals surface area contributed by atoms with Crippen molar-refractivity contribution in [3.05, 3.63) is 0 Å². The molecule has 2 N–H and O–H groups in total. The molecular weight excluding hydrogens is 228 g/mol. The van der Waals surface area contributed by atoms with E-state index in [0.29, 0.717) is 17.7 Å². The van der Waals surface area contributed by atoms with Crippen molar-refractivity contribution in [3.63, 3.8) is 0 Å². The van der Waals surface area contributed by atoms with Crippen molar-refractivity contribution in [2.24, 2.45) is 11.1 Å². The van der Waals surface area contributed by atoms with Gasteiger partial charge in [0.1, 0.15) is 0 Å². The van der Waals surface area contributed by atoms with Crippen LogP contribution < -0.4 is 5.73 Å². The third-order valence-electron chi connectivity index (χ3n) is 4.32. The van der Waals surface area contributed by atoms with Crippen molar-refractivity contribution < 1.29 is 9.53 Å². The monoisotopic (exact) mass is 254 g/mol. The van der Waals surface area contributed by atoms with Gasteiger partial charge in [0.15, 0.2) is 0 Å². The minimum absolute atomic E-state index is 0.301. The number of hydrogen-bond donors (Lipinski definition) is 1. The molecule has 1 spiro atoms. The standard InChI is InChI=1S/C14H26N2O2/c15-8-4-2-1-3-5-13(17)16-9-6-14(11-16)7-10-18-12-14/h1-12,15H2. The van der Waals surface area contributed by atoms with Crippen LogP contribution in [0.4, 0.5) is 0 Å². The number of likely N-dealkylation sites (tertiary alicyclic amines) is 1. The van der Waals surface area contributed by atoms with Gasteiger partial charge in [-0.1, -0.05) is 12.8 Å². The van der Waals surface area contributed by atoms with Gasteiger partial charge in [-0.2, -0.15) is 0 Å². The first-order valence-electron chi connectivity index (χ1n) is 7.31. The molecule has 1 unspecified atom stereocenters. The van der Waals surface area contributed by atoms with Crippen LogP contribution in [0.2, 0.25) is 0 Å². The number of hydrogen-bond acceptors (Lipinski definition) is 3. The molecule has 0 radical (unpaired) electrons. The molecule has 2 saturated heterocycles. The van der Waals surface area contributed by atoms with Crippen molar-refractivity contribution in [1.29, 1.82) is 0 Å². The summed E-state index contributed by atoms with van der Waals surface area (Å²) in [4.78, 5) is 14.1. The first-order valence-corrected chi connectivity index (χ1v) is 7.31. The highest BCUT2D eigenvalue weighted by Crippen LogP contribution is 2.38. The molecule has 1 atom stereocenters. The number of unbranched alkanes of at least 4 members (excludes halogenated alkanes) is 3. The van der Waals surface area contributed by atoms with Crippen molar-refractivity contribution in [1.82, 2.24) is 4.90 Å². The average Bonchev–Trinajstić information content (AvgIpc) is 3.00. The smallest absolute Gasteiger partial charge is 0.222 e. The maximum absolute atomic E-state index is 12.1. The Morgan fingerprint density at radius 1 is 1.22 bits per heavy atom. The molecule has 0 aromatic carbocycles. The molecule has 4 heteroatoms. The molecule has 18 heavy (non-hydrogen) atoms. The number of nitrogens with zero attached hydrogens (tertiary/aromatic N) is 1. The molecule has 0 saturated carbocycles. The molecule has 1 amide bonds. The molecule has 104 valence electrons. The van der Waals surface area contributed by atoms with Gasteiger partial charge in [0.2, 0.25) is 5.91 Å². The molecule has 2 aliphatic heterocycles. The van der Waals surface area contributed by atoms with E-state index in [4.69, 9.17) is 10.5 Å². The highest BCUT2D eigenvalue weighted by atomic mass is 16.5. The highest BCUT2D eigenvalue weighted by Gasteiger charge is 2.42. The van der Waals surface area contributed by atoms with Gasteiger partial charge in [0.25, 0.3) is 0 Å². The molecule has 0 aliphatic carbocycles. The molecule has 0 aromatic heterocycles. The summed E-state index contributed by atoms with van der Waals surface area (Å²) in [5, 5.41) is 0. The molecule has 0 aromatic rings. The average molecular weight is 254 g/mol. The van der Waals surface area contributed by atoms with Crippen LogP contribution in [0.5, 0.6) is 0 Å². The van der Waals surface area contributed by atoms with E-state index in [1.54, 1.807) is 0 Å². The summed E-state index contributed by atoms with van der Waals surface area (Å²) >= 11 is 0. The summed E-state index contributed by atoms with van der Waals surface area (Å²) in [7, 11) is 0. The second-order valence-corrected chi connectivity index (χ2v) is 5.82. The van der Waals surface area contributed by atoms with E-state index in [1.807, 2.05) is 0 Å². The van der Waals surface area contributed by atoms with Crippen LogP contribution in [0.1, 0.15) is 44.9 Å². The molecule has 2 aliphatic rings. The zero-order chi connectivity index (χ0) is 12.8. The normalized spacial score (nSPS) is 27.3. The van der Waals surface area contributed by atoms with Gasteiger partial charge < -0.3 is 15.4 Å². The van der Waals surface area contributed by atoms with Crippen LogP contribution in [0.15, 0.2) is 0 Å². The molecule has 2 fully saturated rings. The molecule has 4 nitrogen and oxygen atoms in total. The molecule has 0 bridgehead atoms. The lowest BCUT2D eigenvalue weighted by Crippen LogP contribution is -2.32. The maximum atomic E-state index is 12.1. The molecule has 2 rings (SSSR count). The second kappa shape index (κ2) is 6.53. The van der Waals surface area contributed by atoms with Gasteiger partial charge in [-0.25, -0.2) is 0 Å². The number of carbonyl (C=O) groups is 1. The predicted molar refractivity (Wildman–Crippen MR) is 71.2 cm³/mol. The van der Waals surface area contributed by atoms with Gasteiger partial charge in [0, 0.05) is 31.5 Å². The first kappa shape index (κ1) is 13.8. The lowest BCUT2D eigenvalue weighted by atomic mass is 9.87. The SMILES string of the molecule is NCCCCCCC(=O)N1CCC2(CCOC2)C1. The van der Waals surface area contributed by atoms with E-state index in [1.165, 1.54) is 0 Å². The summed E-state index contributed by atoms with van der Waals surface area (Å²) < 4.78 is 5.49. The number of ether oxygens (including phenoxy) is 1. The van der Waals surface area contributed by atoms with Gasteiger partial charge in [0.05, 0.1) is 6.61 Å². The highest BCUT2D eigenvalue weighted by molar-refractivity contribution is 5.76. The third-order valence-corrected chi connectivity index (χ3v) is 4.32. The van der Waals surface area contributed by atoms with Crippen LogP contribution in [0, 0.1) is 5.41 Å². The number of amides is 1. The number of carbonyl (C=O) groups excluding carboxylic acids is 1. The predicted octanol–water partition coefficient (Wildman–Crippen LogP) is 1.53. The fourth-order valence-electron chi connectivity index (χ4n) is 3.05. The van der Waals surface area contributed by atoms with Crippen molar-refractivity contribution >= 4 is 5.91 Å². The zero-order valence-electron chi connectivity index (χ0n) is 11.3. The van der Waals surface area contributed by atoms with Crippen molar-refractivity contribution in [3.8, 4) is 0 Å².